The van der Waals surface area contributed by atoms with Crippen LogP contribution in [0, 0.1) is 0 Å². The zero-order valence-corrected chi connectivity index (χ0v) is 13.1. The molecular formula is C17H28N2O. The lowest BCUT2D eigenvalue weighted by atomic mass is 10.1. The van der Waals surface area contributed by atoms with E-state index in [9.17, 15) is 4.79 Å². The van der Waals surface area contributed by atoms with Gasteiger partial charge in [0, 0.05) is 30.9 Å². The molecule has 1 aromatic rings. The van der Waals surface area contributed by atoms with Gasteiger partial charge < -0.3 is 10.2 Å². The Kier molecular flexibility index (Phi) is 7.78. The molecule has 0 aliphatic heterocycles. The van der Waals surface area contributed by atoms with Gasteiger partial charge in [0.1, 0.15) is 0 Å². The van der Waals surface area contributed by atoms with Gasteiger partial charge in [-0.2, -0.15) is 0 Å². The molecule has 0 bridgehead atoms. The van der Waals surface area contributed by atoms with Crippen LogP contribution in [0.3, 0.4) is 0 Å². The van der Waals surface area contributed by atoms with Gasteiger partial charge in [-0.05, 0) is 44.5 Å². The molecule has 0 radical (unpaired) electrons. The maximum absolute atomic E-state index is 12.2. The summed E-state index contributed by atoms with van der Waals surface area (Å²) in [5.74, 6) is 0.115. The Morgan fingerprint density at radius 2 is 1.65 bits per heavy atom. The summed E-state index contributed by atoms with van der Waals surface area (Å²) in [7, 11) is 0. The molecule has 1 N–H and O–H groups in total. The first-order chi connectivity index (χ1) is 9.72. The third kappa shape index (κ3) is 5.24. The van der Waals surface area contributed by atoms with Crippen molar-refractivity contribution >= 4 is 11.6 Å². The van der Waals surface area contributed by atoms with Crippen LogP contribution in [0.4, 0.5) is 5.69 Å². The minimum atomic E-state index is 0.115. The maximum Gasteiger partial charge on any atom is 0.253 e. The quantitative estimate of drug-likeness (QED) is 0.687. The van der Waals surface area contributed by atoms with Crippen molar-refractivity contribution in [1.29, 1.82) is 0 Å². The molecule has 1 amide bonds. The van der Waals surface area contributed by atoms with Gasteiger partial charge in [0.2, 0.25) is 0 Å². The fraction of sp³-hybridized carbons (Fsp3) is 0.588. The van der Waals surface area contributed by atoms with E-state index in [0.29, 0.717) is 0 Å². The smallest absolute Gasteiger partial charge is 0.253 e. The van der Waals surface area contributed by atoms with Gasteiger partial charge in [0.05, 0.1) is 0 Å². The van der Waals surface area contributed by atoms with Gasteiger partial charge >= 0.3 is 0 Å². The number of carbonyl (C=O) groups is 1. The summed E-state index contributed by atoms with van der Waals surface area (Å²) in [5.41, 5.74) is 1.86. The van der Waals surface area contributed by atoms with E-state index in [-0.39, 0.29) is 5.91 Å². The zero-order chi connectivity index (χ0) is 14.8. The molecule has 1 rings (SSSR count). The highest BCUT2D eigenvalue weighted by atomic mass is 16.2. The second-order valence-corrected chi connectivity index (χ2v) is 5.04. The van der Waals surface area contributed by atoms with Gasteiger partial charge in [-0.15, -0.1) is 0 Å². The van der Waals surface area contributed by atoms with Crippen LogP contribution >= 0.6 is 0 Å². The molecule has 0 saturated carbocycles. The predicted molar refractivity (Wildman–Crippen MR) is 86.3 cm³/mol. The Labute approximate surface area is 123 Å². The lowest BCUT2D eigenvalue weighted by Crippen LogP contribution is -2.30. The first kappa shape index (κ1) is 16.5. The van der Waals surface area contributed by atoms with Crippen molar-refractivity contribution in [2.75, 3.05) is 25.0 Å². The van der Waals surface area contributed by atoms with Gasteiger partial charge in [-0.3, -0.25) is 4.79 Å². The molecule has 0 unspecified atom stereocenters. The fourth-order valence-corrected chi connectivity index (χ4v) is 2.21. The maximum atomic E-state index is 12.2. The third-order valence-electron chi connectivity index (χ3n) is 3.54. The molecule has 0 spiro atoms. The number of nitrogens with one attached hydrogen (secondary N) is 1. The molecule has 0 aliphatic carbocycles. The zero-order valence-electron chi connectivity index (χ0n) is 13.1. The van der Waals surface area contributed by atoms with E-state index >= 15 is 0 Å². The number of unbranched alkanes of at least 4 members (excludes halogenated alkanes) is 3. The number of rotatable bonds is 9. The van der Waals surface area contributed by atoms with Crippen molar-refractivity contribution in [2.45, 2.75) is 46.5 Å². The largest absolute Gasteiger partial charge is 0.385 e. The van der Waals surface area contributed by atoms with E-state index in [0.717, 1.165) is 30.9 Å². The Morgan fingerprint density at radius 3 is 2.20 bits per heavy atom. The van der Waals surface area contributed by atoms with Crippen molar-refractivity contribution < 1.29 is 4.79 Å². The third-order valence-corrected chi connectivity index (χ3v) is 3.54. The van der Waals surface area contributed by atoms with Crippen molar-refractivity contribution in [3.63, 3.8) is 0 Å². The number of amides is 1. The Hall–Kier alpha value is -1.51. The molecule has 0 atom stereocenters. The Morgan fingerprint density at radius 1 is 1.00 bits per heavy atom. The second kappa shape index (κ2) is 9.40. The first-order valence-corrected chi connectivity index (χ1v) is 7.86. The predicted octanol–water partition coefficient (Wildman–Crippen LogP) is 4.16. The molecule has 3 heteroatoms. The van der Waals surface area contributed by atoms with Crippen molar-refractivity contribution in [3.8, 4) is 0 Å². The highest BCUT2D eigenvalue weighted by Crippen LogP contribution is 2.12. The van der Waals surface area contributed by atoms with Crippen molar-refractivity contribution in [2.24, 2.45) is 0 Å². The molecule has 3 nitrogen and oxygen atoms in total. The van der Waals surface area contributed by atoms with Gasteiger partial charge in [-0.1, -0.05) is 26.2 Å². The summed E-state index contributed by atoms with van der Waals surface area (Å²) in [6, 6.07) is 7.82. The van der Waals surface area contributed by atoms with E-state index in [1.807, 2.05) is 43.0 Å². The highest BCUT2D eigenvalue weighted by Gasteiger charge is 2.11. The Bertz CT molecular complexity index is 382. The van der Waals surface area contributed by atoms with Crippen LogP contribution in [0.2, 0.25) is 0 Å². The summed E-state index contributed by atoms with van der Waals surface area (Å²) in [4.78, 5) is 14.0. The van der Waals surface area contributed by atoms with Gasteiger partial charge in [0.25, 0.3) is 5.91 Å². The first-order valence-electron chi connectivity index (χ1n) is 7.86. The van der Waals surface area contributed by atoms with Crippen LogP contribution in [-0.4, -0.2) is 30.4 Å². The molecule has 1 aromatic carbocycles. The number of hydrogen-bond donors (Lipinski definition) is 1. The van der Waals surface area contributed by atoms with Crippen molar-refractivity contribution in [3.05, 3.63) is 29.8 Å². The van der Waals surface area contributed by atoms with E-state index in [4.69, 9.17) is 0 Å². The van der Waals surface area contributed by atoms with Crippen LogP contribution in [0.1, 0.15) is 56.8 Å². The molecular weight excluding hydrogens is 248 g/mol. The Balaban J connectivity index is 2.45. The molecule has 112 valence electrons. The standard InChI is InChI=1S/C17H28N2O/c1-4-7-8-9-14-18-16-12-10-15(11-13-16)17(20)19(5-2)6-3/h10-13,18H,4-9,14H2,1-3H3. The monoisotopic (exact) mass is 276 g/mol. The second-order valence-electron chi connectivity index (χ2n) is 5.04. The number of carbonyl (C=O) groups excluding carboxylic acids is 1. The lowest BCUT2D eigenvalue weighted by Gasteiger charge is -2.18. The molecule has 0 fully saturated rings. The highest BCUT2D eigenvalue weighted by molar-refractivity contribution is 5.94. The normalized spacial score (nSPS) is 10.3. The van der Waals surface area contributed by atoms with Crippen LogP contribution in [0.25, 0.3) is 0 Å². The van der Waals surface area contributed by atoms with Crippen LogP contribution in [0.5, 0.6) is 0 Å². The number of benzene rings is 1. The minimum absolute atomic E-state index is 0.115. The van der Waals surface area contributed by atoms with Gasteiger partial charge in [0.15, 0.2) is 0 Å². The van der Waals surface area contributed by atoms with Crippen LogP contribution < -0.4 is 5.32 Å². The molecule has 0 saturated heterocycles. The van der Waals surface area contributed by atoms with E-state index < -0.39 is 0 Å². The summed E-state index contributed by atoms with van der Waals surface area (Å²) in [6.07, 6.45) is 5.05. The molecule has 0 aliphatic rings. The van der Waals surface area contributed by atoms with Crippen LogP contribution in [-0.2, 0) is 0 Å². The lowest BCUT2D eigenvalue weighted by molar-refractivity contribution is 0.0773. The average molecular weight is 276 g/mol. The number of anilines is 1. The summed E-state index contributed by atoms with van der Waals surface area (Å²) in [6.45, 7) is 8.75. The average Bonchev–Trinajstić information content (AvgIpc) is 2.49. The molecule has 20 heavy (non-hydrogen) atoms. The van der Waals surface area contributed by atoms with Crippen LogP contribution in [0.15, 0.2) is 24.3 Å². The van der Waals surface area contributed by atoms with E-state index in [1.54, 1.807) is 0 Å². The number of nitrogens with zero attached hydrogens (tertiary/aromatic N) is 1. The number of hydrogen-bond acceptors (Lipinski definition) is 2. The van der Waals surface area contributed by atoms with Crippen molar-refractivity contribution in [1.82, 2.24) is 4.90 Å². The molecule has 0 aromatic heterocycles. The van der Waals surface area contributed by atoms with Gasteiger partial charge in [-0.25, -0.2) is 0 Å². The topological polar surface area (TPSA) is 32.3 Å². The van der Waals surface area contributed by atoms with E-state index in [2.05, 4.69) is 12.2 Å². The molecule has 0 heterocycles. The summed E-state index contributed by atoms with van der Waals surface area (Å²) in [5, 5.41) is 3.40. The SMILES string of the molecule is CCCCCCNc1ccc(C(=O)N(CC)CC)cc1. The summed E-state index contributed by atoms with van der Waals surface area (Å²) < 4.78 is 0. The minimum Gasteiger partial charge on any atom is -0.385 e. The summed E-state index contributed by atoms with van der Waals surface area (Å²) >= 11 is 0. The fourth-order valence-electron chi connectivity index (χ4n) is 2.21. The van der Waals surface area contributed by atoms with E-state index in [1.165, 1.54) is 25.7 Å².